The Morgan fingerprint density at radius 3 is 2.17 bits per heavy atom. The molecule has 0 radical (unpaired) electrons. The van der Waals surface area contributed by atoms with Gasteiger partial charge in [0.2, 0.25) is 0 Å². The lowest BCUT2D eigenvalue weighted by atomic mass is 9.97. The van der Waals surface area contributed by atoms with Crippen molar-refractivity contribution in [1.82, 2.24) is 5.32 Å². The molecule has 2 rings (SSSR count). The van der Waals surface area contributed by atoms with Crippen molar-refractivity contribution >= 4 is 35.1 Å². The van der Waals surface area contributed by atoms with Gasteiger partial charge in [0, 0.05) is 16.1 Å². The van der Waals surface area contributed by atoms with Gasteiger partial charge in [0.05, 0.1) is 5.56 Å². The van der Waals surface area contributed by atoms with Crippen molar-refractivity contribution in [3.05, 3.63) is 33.8 Å². The molecule has 1 aromatic carbocycles. The molecule has 4 nitrogen and oxygen atoms in total. The van der Waals surface area contributed by atoms with Gasteiger partial charge < -0.3 is 10.1 Å². The minimum Gasteiger partial charge on any atom is -0.452 e. The molecule has 1 saturated carbocycles. The zero-order chi connectivity index (χ0) is 16.7. The third-order valence-electron chi connectivity index (χ3n) is 3.90. The average molecular weight is 358 g/mol. The number of rotatable bonds is 4. The van der Waals surface area contributed by atoms with Crippen LogP contribution in [0.1, 0.15) is 55.3 Å². The summed E-state index contributed by atoms with van der Waals surface area (Å²) in [6.45, 7) is -0.292. The first kappa shape index (κ1) is 18.1. The number of hydrogen-bond acceptors (Lipinski definition) is 3. The minimum absolute atomic E-state index is 0.183. The van der Waals surface area contributed by atoms with Crippen molar-refractivity contribution in [3.8, 4) is 0 Å². The fraction of sp³-hybridized carbons (Fsp3) is 0.529. The molecule has 0 saturated heterocycles. The van der Waals surface area contributed by atoms with Crippen LogP contribution in [0, 0.1) is 0 Å². The van der Waals surface area contributed by atoms with Gasteiger partial charge in [-0.25, -0.2) is 4.79 Å². The van der Waals surface area contributed by atoms with E-state index in [4.69, 9.17) is 27.9 Å². The highest BCUT2D eigenvalue weighted by Crippen LogP contribution is 2.20. The maximum atomic E-state index is 11.9. The summed E-state index contributed by atoms with van der Waals surface area (Å²) in [5.41, 5.74) is 0.237. The van der Waals surface area contributed by atoms with E-state index in [0.29, 0.717) is 10.0 Å². The van der Waals surface area contributed by atoms with Gasteiger partial charge in [-0.15, -0.1) is 0 Å². The van der Waals surface area contributed by atoms with E-state index in [1.54, 1.807) is 0 Å². The van der Waals surface area contributed by atoms with Crippen molar-refractivity contribution in [2.45, 2.75) is 51.0 Å². The molecule has 1 fully saturated rings. The van der Waals surface area contributed by atoms with Crippen LogP contribution >= 0.6 is 23.2 Å². The van der Waals surface area contributed by atoms with E-state index in [-0.39, 0.29) is 24.1 Å². The number of nitrogens with one attached hydrogen (secondary N) is 1. The topological polar surface area (TPSA) is 55.4 Å². The van der Waals surface area contributed by atoms with Crippen LogP contribution in [0.4, 0.5) is 0 Å². The van der Waals surface area contributed by atoms with Crippen molar-refractivity contribution in [1.29, 1.82) is 0 Å². The molecule has 1 aliphatic rings. The first-order valence-corrected chi connectivity index (χ1v) is 8.73. The van der Waals surface area contributed by atoms with E-state index < -0.39 is 5.97 Å². The molecule has 0 bridgehead atoms. The molecule has 0 aliphatic heterocycles. The molecule has 0 spiro atoms. The predicted octanol–water partition coefficient (Wildman–Crippen LogP) is 4.38. The van der Waals surface area contributed by atoms with E-state index in [1.807, 2.05) is 0 Å². The Morgan fingerprint density at radius 2 is 1.57 bits per heavy atom. The van der Waals surface area contributed by atoms with E-state index >= 15 is 0 Å². The SMILES string of the molecule is O=C(COC(=O)c1cc(Cl)cc(Cl)c1)NC1CCCCCCC1. The summed E-state index contributed by atoms with van der Waals surface area (Å²) in [6, 6.07) is 4.63. The highest BCUT2D eigenvalue weighted by Gasteiger charge is 2.16. The molecule has 1 amide bonds. The van der Waals surface area contributed by atoms with E-state index in [1.165, 1.54) is 37.5 Å². The van der Waals surface area contributed by atoms with Crippen LogP contribution in [0.3, 0.4) is 0 Å². The summed E-state index contributed by atoms with van der Waals surface area (Å²) in [5, 5.41) is 3.65. The summed E-state index contributed by atoms with van der Waals surface area (Å²) in [4.78, 5) is 23.9. The zero-order valence-corrected chi connectivity index (χ0v) is 14.5. The lowest BCUT2D eigenvalue weighted by Gasteiger charge is -2.20. The molecular weight excluding hydrogens is 337 g/mol. The molecule has 6 heteroatoms. The van der Waals surface area contributed by atoms with Gasteiger partial charge in [-0.1, -0.05) is 55.3 Å². The van der Waals surface area contributed by atoms with Crippen molar-refractivity contribution in [2.24, 2.45) is 0 Å². The van der Waals surface area contributed by atoms with Crippen molar-refractivity contribution < 1.29 is 14.3 Å². The lowest BCUT2D eigenvalue weighted by Crippen LogP contribution is -2.38. The number of halogens is 2. The number of ether oxygens (including phenoxy) is 1. The van der Waals surface area contributed by atoms with Gasteiger partial charge in [0.25, 0.3) is 5.91 Å². The first-order chi connectivity index (χ1) is 11.0. The molecule has 0 atom stereocenters. The Bertz CT molecular complexity index is 535. The monoisotopic (exact) mass is 357 g/mol. The number of amides is 1. The average Bonchev–Trinajstić information content (AvgIpc) is 2.46. The first-order valence-electron chi connectivity index (χ1n) is 7.97. The standard InChI is InChI=1S/C17H21Cl2NO3/c18-13-8-12(9-14(19)10-13)17(22)23-11-16(21)20-15-6-4-2-1-3-5-7-15/h8-10,15H,1-7,11H2,(H,20,21). The molecule has 1 N–H and O–H groups in total. The highest BCUT2D eigenvalue weighted by atomic mass is 35.5. The minimum atomic E-state index is -0.609. The lowest BCUT2D eigenvalue weighted by molar-refractivity contribution is -0.125. The van der Waals surface area contributed by atoms with Crippen LogP contribution in [0.25, 0.3) is 0 Å². The van der Waals surface area contributed by atoms with Crippen LogP contribution in [-0.2, 0) is 9.53 Å². The number of esters is 1. The largest absolute Gasteiger partial charge is 0.452 e. The Morgan fingerprint density at radius 1 is 1.00 bits per heavy atom. The van der Waals surface area contributed by atoms with Crippen LogP contribution in [-0.4, -0.2) is 24.5 Å². The van der Waals surface area contributed by atoms with Crippen molar-refractivity contribution in [2.75, 3.05) is 6.61 Å². The molecule has 0 aromatic heterocycles. The highest BCUT2D eigenvalue weighted by molar-refractivity contribution is 6.35. The Kier molecular flexibility index (Phi) is 7.18. The summed E-state index contributed by atoms with van der Waals surface area (Å²) in [5.74, 6) is -0.876. The Labute approximate surface area is 146 Å². The van der Waals surface area contributed by atoms with Crippen molar-refractivity contribution in [3.63, 3.8) is 0 Å². The van der Waals surface area contributed by atoms with Gasteiger partial charge >= 0.3 is 5.97 Å². The molecule has 126 valence electrons. The molecule has 23 heavy (non-hydrogen) atoms. The normalized spacial score (nSPS) is 16.3. The number of carbonyl (C=O) groups excluding carboxylic acids is 2. The fourth-order valence-electron chi connectivity index (χ4n) is 2.76. The third kappa shape index (κ3) is 6.40. The Hall–Kier alpha value is -1.26. The van der Waals surface area contributed by atoms with Crippen LogP contribution in [0.5, 0.6) is 0 Å². The Balaban J connectivity index is 1.79. The van der Waals surface area contributed by atoms with E-state index in [0.717, 1.165) is 25.7 Å². The van der Waals surface area contributed by atoms with Gasteiger partial charge in [-0.2, -0.15) is 0 Å². The second-order valence-corrected chi connectivity index (χ2v) is 6.72. The van der Waals surface area contributed by atoms with E-state index in [2.05, 4.69) is 5.32 Å². The zero-order valence-electron chi connectivity index (χ0n) is 12.9. The third-order valence-corrected chi connectivity index (χ3v) is 4.34. The molecule has 1 aromatic rings. The number of carbonyl (C=O) groups is 2. The quantitative estimate of drug-likeness (QED) is 0.813. The number of benzene rings is 1. The van der Waals surface area contributed by atoms with Crippen LogP contribution in [0.2, 0.25) is 10.0 Å². The van der Waals surface area contributed by atoms with E-state index in [9.17, 15) is 9.59 Å². The van der Waals surface area contributed by atoms with Gasteiger partial charge in [0.1, 0.15) is 0 Å². The predicted molar refractivity (Wildman–Crippen MR) is 91.0 cm³/mol. The molecule has 1 aliphatic carbocycles. The van der Waals surface area contributed by atoms with Gasteiger partial charge in [-0.05, 0) is 31.0 Å². The molecular formula is C17H21Cl2NO3. The number of hydrogen-bond donors (Lipinski definition) is 1. The maximum Gasteiger partial charge on any atom is 0.338 e. The summed E-state index contributed by atoms with van der Waals surface area (Å²) >= 11 is 11.7. The maximum absolute atomic E-state index is 11.9. The second-order valence-electron chi connectivity index (χ2n) is 5.84. The molecule has 0 heterocycles. The second kappa shape index (κ2) is 9.14. The van der Waals surface area contributed by atoms with Crippen LogP contribution < -0.4 is 5.32 Å². The summed E-state index contributed by atoms with van der Waals surface area (Å²) in [7, 11) is 0. The van der Waals surface area contributed by atoms with Gasteiger partial charge in [0.15, 0.2) is 6.61 Å². The smallest absolute Gasteiger partial charge is 0.338 e. The van der Waals surface area contributed by atoms with Gasteiger partial charge in [-0.3, -0.25) is 4.79 Å². The summed E-state index contributed by atoms with van der Waals surface area (Å²) in [6.07, 6.45) is 7.96. The van der Waals surface area contributed by atoms with Crippen LogP contribution in [0.15, 0.2) is 18.2 Å². The molecule has 0 unspecified atom stereocenters. The fourth-order valence-corrected chi connectivity index (χ4v) is 3.28. The summed E-state index contributed by atoms with van der Waals surface area (Å²) < 4.78 is 5.03.